The molecule has 0 aliphatic carbocycles. The standard InChI is InChI=1S/C13H20ClN5S/c1-7(2)10-13(20-18-17-10)11(15-5)12-9(14)6-16-19(12)8(3)4/h6-8,11,15H,1-5H3. The van der Waals surface area contributed by atoms with E-state index < -0.39 is 0 Å². The van der Waals surface area contributed by atoms with Crippen molar-refractivity contribution in [2.24, 2.45) is 0 Å². The Morgan fingerprint density at radius 1 is 1.30 bits per heavy atom. The molecule has 2 aromatic heterocycles. The summed E-state index contributed by atoms with van der Waals surface area (Å²) in [4.78, 5) is 1.10. The number of hydrogen-bond acceptors (Lipinski definition) is 5. The van der Waals surface area contributed by atoms with Crippen molar-refractivity contribution in [1.29, 1.82) is 0 Å². The summed E-state index contributed by atoms with van der Waals surface area (Å²) in [5.74, 6) is 0.328. The van der Waals surface area contributed by atoms with Crippen LogP contribution in [-0.2, 0) is 0 Å². The summed E-state index contributed by atoms with van der Waals surface area (Å²) in [6.07, 6.45) is 1.70. The lowest BCUT2D eigenvalue weighted by atomic mass is 10.0. The van der Waals surface area contributed by atoms with Crippen LogP contribution in [-0.4, -0.2) is 26.4 Å². The topological polar surface area (TPSA) is 55.6 Å². The number of halogens is 1. The van der Waals surface area contributed by atoms with E-state index in [-0.39, 0.29) is 12.1 Å². The summed E-state index contributed by atoms with van der Waals surface area (Å²) in [6, 6.07) is 0.210. The van der Waals surface area contributed by atoms with Gasteiger partial charge in [-0.15, -0.1) is 5.10 Å². The van der Waals surface area contributed by atoms with E-state index in [2.05, 4.69) is 47.7 Å². The van der Waals surface area contributed by atoms with Gasteiger partial charge in [0.2, 0.25) is 0 Å². The highest BCUT2D eigenvalue weighted by atomic mass is 35.5. The van der Waals surface area contributed by atoms with Gasteiger partial charge in [0.05, 0.1) is 33.5 Å². The fourth-order valence-electron chi connectivity index (χ4n) is 2.23. The number of nitrogens with zero attached hydrogens (tertiary/aromatic N) is 4. The zero-order valence-electron chi connectivity index (χ0n) is 12.4. The van der Waals surface area contributed by atoms with Crippen molar-refractivity contribution in [2.45, 2.75) is 45.7 Å². The Morgan fingerprint density at radius 2 is 2.00 bits per heavy atom. The first-order valence-electron chi connectivity index (χ1n) is 6.69. The number of hydrogen-bond donors (Lipinski definition) is 1. The molecule has 1 N–H and O–H groups in total. The Balaban J connectivity index is 2.53. The van der Waals surface area contributed by atoms with Gasteiger partial charge in [0, 0.05) is 6.04 Å². The summed E-state index contributed by atoms with van der Waals surface area (Å²) in [5, 5.41) is 12.6. The van der Waals surface area contributed by atoms with Crippen molar-refractivity contribution in [2.75, 3.05) is 7.05 Å². The normalized spacial score (nSPS) is 13.4. The average Bonchev–Trinajstić information content (AvgIpc) is 2.99. The van der Waals surface area contributed by atoms with Crippen molar-refractivity contribution in [3.05, 3.63) is 27.5 Å². The maximum atomic E-state index is 6.35. The van der Waals surface area contributed by atoms with Crippen LogP contribution in [0.5, 0.6) is 0 Å². The lowest BCUT2D eigenvalue weighted by Crippen LogP contribution is -2.23. The van der Waals surface area contributed by atoms with Gasteiger partial charge in [-0.05, 0) is 38.3 Å². The highest BCUT2D eigenvalue weighted by molar-refractivity contribution is 7.05. The molecule has 0 aliphatic rings. The van der Waals surface area contributed by atoms with Gasteiger partial charge in [-0.25, -0.2) is 0 Å². The van der Waals surface area contributed by atoms with E-state index >= 15 is 0 Å². The molecule has 0 radical (unpaired) electrons. The average molecular weight is 314 g/mol. The summed E-state index contributed by atoms with van der Waals surface area (Å²) in [5.41, 5.74) is 1.99. The number of rotatable bonds is 5. The van der Waals surface area contributed by atoms with E-state index in [0.29, 0.717) is 10.9 Å². The quantitative estimate of drug-likeness (QED) is 0.919. The van der Waals surface area contributed by atoms with Crippen LogP contribution in [0, 0.1) is 0 Å². The fourth-order valence-corrected chi connectivity index (χ4v) is 3.39. The molecule has 0 amide bonds. The van der Waals surface area contributed by atoms with E-state index in [0.717, 1.165) is 16.3 Å². The van der Waals surface area contributed by atoms with E-state index in [1.54, 1.807) is 6.20 Å². The SMILES string of the molecule is CNC(c1snnc1C(C)C)c1c(Cl)cnn1C(C)C. The van der Waals surface area contributed by atoms with Crippen LogP contribution in [0.15, 0.2) is 6.20 Å². The van der Waals surface area contributed by atoms with Crippen molar-refractivity contribution in [1.82, 2.24) is 24.7 Å². The maximum Gasteiger partial charge on any atom is 0.0890 e. The lowest BCUT2D eigenvalue weighted by Gasteiger charge is -2.20. The first-order valence-corrected chi connectivity index (χ1v) is 7.84. The van der Waals surface area contributed by atoms with E-state index in [4.69, 9.17) is 11.6 Å². The van der Waals surface area contributed by atoms with E-state index in [9.17, 15) is 0 Å². The molecule has 0 spiro atoms. The second-order valence-electron chi connectivity index (χ2n) is 5.31. The fraction of sp³-hybridized carbons (Fsp3) is 0.615. The summed E-state index contributed by atoms with van der Waals surface area (Å²) >= 11 is 7.77. The molecule has 0 aromatic carbocycles. The molecule has 0 fully saturated rings. The third-order valence-corrected chi connectivity index (χ3v) is 4.28. The predicted octanol–water partition coefficient (Wildman–Crippen LogP) is 3.40. The largest absolute Gasteiger partial charge is 0.307 e. The third-order valence-electron chi connectivity index (χ3n) is 3.19. The molecule has 2 heterocycles. The zero-order valence-corrected chi connectivity index (χ0v) is 14.0. The van der Waals surface area contributed by atoms with Gasteiger partial charge in [-0.3, -0.25) is 4.68 Å². The lowest BCUT2D eigenvalue weighted by molar-refractivity contribution is 0.484. The van der Waals surface area contributed by atoms with Gasteiger partial charge in [0.1, 0.15) is 0 Å². The molecule has 1 unspecified atom stereocenters. The molecule has 0 bridgehead atoms. The molecule has 0 aliphatic heterocycles. The Hall–Kier alpha value is -0.980. The van der Waals surface area contributed by atoms with Crippen molar-refractivity contribution < 1.29 is 0 Å². The summed E-state index contributed by atoms with van der Waals surface area (Å²) in [6.45, 7) is 8.42. The van der Waals surface area contributed by atoms with Crippen LogP contribution in [0.3, 0.4) is 0 Å². The van der Waals surface area contributed by atoms with Crippen LogP contribution in [0.1, 0.15) is 62.0 Å². The molecule has 20 heavy (non-hydrogen) atoms. The molecule has 7 heteroatoms. The minimum atomic E-state index is -0.0372. The number of nitrogens with one attached hydrogen (secondary N) is 1. The highest BCUT2D eigenvalue weighted by Gasteiger charge is 2.27. The third kappa shape index (κ3) is 2.73. The van der Waals surface area contributed by atoms with Crippen LogP contribution in [0.2, 0.25) is 5.02 Å². The minimum Gasteiger partial charge on any atom is -0.307 e. The molecule has 110 valence electrons. The van der Waals surface area contributed by atoms with Crippen molar-refractivity contribution >= 4 is 23.1 Å². The van der Waals surface area contributed by atoms with Crippen LogP contribution in [0.25, 0.3) is 0 Å². The van der Waals surface area contributed by atoms with Gasteiger partial charge >= 0.3 is 0 Å². The van der Waals surface area contributed by atoms with Gasteiger partial charge < -0.3 is 5.32 Å². The second kappa shape index (κ2) is 6.20. The minimum absolute atomic E-state index is 0.0372. The first-order chi connectivity index (χ1) is 9.47. The first kappa shape index (κ1) is 15.4. The Kier molecular flexibility index (Phi) is 4.78. The molecule has 2 rings (SSSR count). The monoisotopic (exact) mass is 313 g/mol. The van der Waals surface area contributed by atoms with Crippen LogP contribution in [0.4, 0.5) is 0 Å². The molecule has 1 atom stereocenters. The molecule has 5 nitrogen and oxygen atoms in total. The van der Waals surface area contributed by atoms with Crippen molar-refractivity contribution in [3.8, 4) is 0 Å². The smallest absolute Gasteiger partial charge is 0.0890 e. The van der Waals surface area contributed by atoms with E-state index in [1.165, 1.54) is 11.5 Å². The van der Waals surface area contributed by atoms with Gasteiger partial charge in [0.15, 0.2) is 0 Å². The highest BCUT2D eigenvalue weighted by Crippen LogP contribution is 2.34. The van der Waals surface area contributed by atoms with Gasteiger partial charge in [-0.2, -0.15) is 5.10 Å². The Morgan fingerprint density at radius 3 is 2.55 bits per heavy atom. The molecular weight excluding hydrogens is 294 g/mol. The summed E-state index contributed by atoms with van der Waals surface area (Å²) < 4.78 is 6.06. The summed E-state index contributed by atoms with van der Waals surface area (Å²) in [7, 11) is 1.92. The predicted molar refractivity (Wildman–Crippen MR) is 82.5 cm³/mol. The molecule has 2 aromatic rings. The molecular formula is C13H20ClN5S. The van der Waals surface area contributed by atoms with Gasteiger partial charge in [-0.1, -0.05) is 29.9 Å². The Bertz CT molecular complexity index is 575. The Labute approximate surface area is 128 Å². The van der Waals surface area contributed by atoms with Crippen LogP contribution < -0.4 is 5.32 Å². The molecule has 0 saturated carbocycles. The zero-order chi connectivity index (χ0) is 14.9. The van der Waals surface area contributed by atoms with Crippen LogP contribution >= 0.6 is 23.1 Å². The second-order valence-corrected chi connectivity index (χ2v) is 6.51. The molecule has 0 saturated heterocycles. The van der Waals surface area contributed by atoms with E-state index in [1.807, 2.05) is 11.7 Å². The van der Waals surface area contributed by atoms with Gasteiger partial charge in [0.25, 0.3) is 0 Å². The van der Waals surface area contributed by atoms with Crippen molar-refractivity contribution in [3.63, 3.8) is 0 Å². The maximum absolute atomic E-state index is 6.35. The number of aromatic nitrogens is 4.